The minimum Gasteiger partial charge on any atom is -0.381 e. The quantitative estimate of drug-likeness (QED) is 0.714. The fourth-order valence-electron chi connectivity index (χ4n) is 3.21. The Morgan fingerprint density at radius 1 is 1.19 bits per heavy atom. The molecule has 7 heteroatoms. The second-order valence-corrected chi connectivity index (χ2v) is 7.81. The van der Waals surface area contributed by atoms with Gasteiger partial charge < -0.3 is 15.4 Å². The Morgan fingerprint density at radius 3 is 2.54 bits per heavy atom. The highest BCUT2D eigenvalue weighted by molar-refractivity contribution is 7.80. The number of thiocarbonyl (C=S) groups is 1. The van der Waals surface area contributed by atoms with Gasteiger partial charge in [0.05, 0.1) is 5.02 Å². The maximum atomic E-state index is 6.05. The van der Waals surface area contributed by atoms with Crippen molar-refractivity contribution in [2.75, 3.05) is 25.1 Å². The van der Waals surface area contributed by atoms with Crippen LogP contribution in [0.15, 0.2) is 36.5 Å². The summed E-state index contributed by atoms with van der Waals surface area (Å²) >= 11 is 17.5. The summed E-state index contributed by atoms with van der Waals surface area (Å²) in [6.45, 7) is 4.14. The molecule has 1 fully saturated rings. The minimum absolute atomic E-state index is 0.0307. The van der Waals surface area contributed by atoms with Crippen LogP contribution in [0.4, 0.5) is 5.82 Å². The second kappa shape index (κ2) is 8.53. The Hall–Kier alpha value is -1.40. The Bertz CT molecular complexity index is 777. The monoisotopic (exact) mass is 409 g/mol. The van der Waals surface area contributed by atoms with E-state index in [0.717, 1.165) is 43.2 Å². The average Bonchev–Trinajstić information content (AvgIpc) is 2.64. The zero-order chi connectivity index (χ0) is 18.6. The highest BCUT2D eigenvalue weighted by Gasteiger charge is 2.34. The fourth-order valence-corrected chi connectivity index (χ4v) is 3.71. The fraction of sp³-hybridized carbons (Fsp3) is 0.368. The Labute approximate surface area is 169 Å². The van der Waals surface area contributed by atoms with Crippen molar-refractivity contribution in [1.82, 2.24) is 10.3 Å². The number of anilines is 1. The van der Waals surface area contributed by atoms with Crippen LogP contribution in [0.2, 0.25) is 10.0 Å². The van der Waals surface area contributed by atoms with E-state index >= 15 is 0 Å². The zero-order valence-corrected chi connectivity index (χ0v) is 16.8. The lowest BCUT2D eigenvalue weighted by molar-refractivity contribution is 0.0515. The first-order valence-corrected chi connectivity index (χ1v) is 9.66. The summed E-state index contributed by atoms with van der Waals surface area (Å²) in [5.74, 6) is 0.708. The molecule has 2 aromatic rings. The molecule has 0 spiro atoms. The molecule has 0 bridgehead atoms. The van der Waals surface area contributed by atoms with Gasteiger partial charge in [0, 0.05) is 36.4 Å². The summed E-state index contributed by atoms with van der Waals surface area (Å²) in [5, 5.41) is 8.40. The van der Waals surface area contributed by atoms with Crippen LogP contribution >= 0.6 is 35.4 Å². The van der Waals surface area contributed by atoms with Crippen molar-refractivity contribution >= 4 is 46.4 Å². The summed E-state index contributed by atoms with van der Waals surface area (Å²) in [6, 6.07) is 9.91. The molecule has 1 aliphatic rings. The summed E-state index contributed by atoms with van der Waals surface area (Å²) < 4.78 is 5.57. The number of hydrogen-bond donors (Lipinski definition) is 2. The van der Waals surface area contributed by atoms with E-state index in [0.29, 0.717) is 16.0 Å². The molecule has 0 atom stereocenters. The van der Waals surface area contributed by atoms with Gasteiger partial charge in [-0.1, -0.05) is 35.3 Å². The van der Waals surface area contributed by atoms with Gasteiger partial charge in [0.2, 0.25) is 0 Å². The molecule has 0 amide bonds. The Kier molecular flexibility index (Phi) is 6.35. The smallest absolute Gasteiger partial charge is 0.171 e. The molecular weight excluding hydrogens is 389 g/mol. The first-order chi connectivity index (χ1) is 12.5. The van der Waals surface area contributed by atoms with Crippen LogP contribution in [-0.2, 0) is 10.2 Å². The molecule has 0 unspecified atom stereocenters. The molecule has 3 rings (SSSR count). The van der Waals surface area contributed by atoms with Gasteiger partial charge in [0.1, 0.15) is 5.82 Å². The molecular formula is C19H21Cl2N3OS. The number of benzene rings is 1. The van der Waals surface area contributed by atoms with Gasteiger partial charge in [-0.3, -0.25) is 0 Å². The number of pyridine rings is 1. The van der Waals surface area contributed by atoms with Crippen molar-refractivity contribution in [3.63, 3.8) is 0 Å². The van der Waals surface area contributed by atoms with Crippen molar-refractivity contribution in [2.24, 2.45) is 0 Å². The van der Waals surface area contributed by atoms with Gasteiger partial charge in [0.15, 0.2) is 5.11 Å². The van der Waals surface area contributed by atoms with Crippen LogP contribution in [0.3, 0.4) is 0 Å². The maximum Gasteiger partial charge on any atom is 0.171 e. The summed E-state index contributed by atoms with van der Waals surface area (Å²) in [7, 11) is 0. The van der Waals surface area contributed by atoms with Gasteiger partial charge in [0.25, 0.3) is 0 Å². The van der Waals surface area contributed by atoms with E-state index in [1.807, 2.05) is 25.1 Å². The number of rotatable bonds is 4. The Morgan fingerprint density at radius 2 is 1.88 bits per heavy atom. The lowest BCUT2D eigenvalue weighted by Crippen LogP contribution is -2.45. The second-order valence-electron chi connectivity index (χ2n) is 6.53. The number of ether oxygens (including phenoxy) is 1. The molecule has 0 aliphatic carbocycles. The van der Waals surface area contributed by atoms with E-state index in [-0.39, 0.29) is 5.41 Å². The number of aromatic nitrogens is 1. The zero-order valence-electron chi connectivity index (χ0n) is 14.5. The van der Waals surface area contributed by atoms with Gasteiger partial charge in [-0.25, -0.2) is 4.98 Å². The predicted octanol–water partition coefficient (Wildman–Crippen LogP) is 4.73. The van der Waals surface area contributed by atoms with Crippen LogP contribution in [-0.4, -0.2) is 29.9 Å². The number of hydrogen-bond acceptors (Lipinski definition) is 3. The lowest BCUT2D eigenvalue weighted by Gasteiger charge is -2.38. The maximum absolute atomic E-state index is 6.05. The topological polar surface area (TPSA) is 46.2 Å². The van der Waals surface area contributed by atoms with E-state index in [1.54, 1.807) is 6.20 Å². The molecule has 1 saturated heterocycles. The number of nitrogens with zero attached hydrogens (tertiary/aromatic N) is 1. The van der Waals surface area contributed by atoms with Crippen molar-refractivity contribution in [3.05, 3.63) is 57.7 Å². The molecule has 1 aromatic heterocycles. The van der Waals surface area contributed by atoms with Crippen LogP contribution in [0.5, 0.6) is 0 Å². The molecule has 2 heterocycles. The minimum atomic E-state index is -0.0307. The number of aryl methyl sites for hydroxylation is 1. The van der Waals surface area contributed by atoms with Crippen molar-refractivity contribution < 1.29 is 4.74 Å². The van der Waals surface area contributed by atoms with Gasteiger partial charge in [-0.05, 0) is 61.3 Å². The van der Waals surface area contributed by atoms with Crippen molar-refractivity contribution in [2.45, 2.75) is 25.2 Å². The van der Waals surface area contributed by atoms with E-state index in [1.165, 1.54) is 5.56 Å². The van der Waals surface area contributed by atoms with E-state index in [4.69, 9.17) is 40.2 Å². The largest absolute Gasteiger partial charge is 0.381 e. The number of halogens is 2. The van der Waals surface area contributed by atoms with Crippen molar-refractivity contribution in [1.29, 1.82) is 0 Å². The van der Waals surface area contributed by atoms with E-state index in [9.17, 15) is 0 Å². The highest BCUT2D eigenvalue weighted by Crippen LogP contribution is 2.35. The van der Waals surface area contributed by atoms with E-state index < -0.39 is 0 Å². The molecule has 0 saturated carbocycles. The predicted molar refractivity (Wildman–Crippen MR) is 111 cm³/mol. The van der Waals surface area contributed by atoms with Crippen LogP contribution < -0.4 is 10.6 Å². The molecule has 1 aliphatic heterocycles. The van der Waals surface area contributed by atoms with Crippen LogP contribution in [0, 0.1) is 6.92 Å². The lowest BCUT2D eigenvalue weighted by atomic mass is 9.74. The van der Waals surface area contributed by atoms with Gasteiger partial charge >= 0.3 is 0 Å². The standard InChI is InChI=1S/C19H21Cl2N3OS/c1-13-10-16(21)11-22-17(13)24-18(26)23-12-19(6-8-25-9-7-19)14-2-4-15(20)5-3-14/h2-5,10-11H,6-9,12H2,1H3,(H2,22,23,24,26). The van der Waals surface area contributed by atoms with Gasteiger partial charge in [-0.15, -0.1) is 0 Å². The third-order valence-corrected chi connectivity index (χ3v) is 5.48. The normalized spacial score (nSPS) is 16.1. The summed E-state index contributed by atoms with van der Waals surface area (Å²) in [5.41, 5.74) is 2.17. The summed E-state index contributed by atoms with van der Waals surface area (Å²) in [4.78, 5) is 4.29. The first kappa shape index (κ1) is 19.4. The van der Waals surface area contributed by atoms with Gasteiger partial charge in [-0.2, -0.15) is 0 Å². The summed E-state index contributed by atoms with van der Waals surface area (Å²) in [6.07, 6.45) is 3.47. The SMILES string of the molecule is Cc1cc(Cl)cnc1NC(=S)NCC1(c2ccc(Cl)cc2)CCOCC1. The molecule has 0 radical (unpaired) electrons. The molecule has 138 valence electrons. The van der Waals surface area contributed by atoms with E-state index in [2.05, 4.69) is 27.8 Å². The van der Waals surface area contributed by atoms with Crippen LogP contribution in [0.1, 0.15) is 24.0 Å². The molecule has 26 heavy (non-hydrogen) atoms. The third kappa shape index (κ3) is 4.65. The highest BCUT2D eigenvalue weighted by atomic mass is 35.5. The van der Waals surface area contributed by atoms with Crippen molar-refractivity contribution in [3.8, 4) is 0 Å². The molecule has 2 N–H and O–H groups in total. The third-order valence-electron chi connectivity index (χ3n) is 4.77. The van der Waals surface area contributed by atoms with Crippen LogP contribution in [0.25, 0.3) is 0 Å². The molecule has 1 aromatic carbocycles. The first-order valence-electron chi connectivity index (χ1n) is 8.49. The average molecular weight is 410 g/mol. The Balaban J connectivity index is 1.69. The number of nitrogens with one attached hydrogen (secondary N) is 2. The molecule has 4 nitrogen and oxygen atoms in total.